The van der Waals surface area contributed by atoms with Crippen LogP contribution in [0.1, 0.15) is 18.1 Å². The van der Waals surface area contributed by atoms with E-state index >= 15 is 0 Å². The first-order chi connectivity index (χ1) is 14.4. The maximum atomic E-state index is 12.6. The highest BCUT2D eigenvalue weighted by Gasteiger charge is 2.35. The van der Waals surface area contributed by atoms with Crippen LogP contribution in [-0.4, -0.2) is 38.2 Å². The smallest absolute Gasteiger partial charge is 0.308 e. The Morgan fingerprint density at radius 3 is 2.07 bits per heavy atom. The summed E-state index contributed by atoms with van der Waals surface area (Å²) in [6.07, 6.45) is 1.40. The highest BCUT2D eigenvalue weighted by atomic mass is 32.2. The molecule has 6 nitrogen and oxygen atoms in total. The minimum absolute atomic E-state index is 0.0904. The second kappa shape index (κ2) is 9.89. The van der Waals surface area contributed by atoms with Crippen molar-refractivity contribution in [3.63, 3.8) is 0 Å². The summed E-state index contributed by atoms with van der Waals surface area (Å²) in [5, 5.41) is 0.212. The van der Waals surface area contributed by atoms with E-state index in [0.717, 1.165) is 23.3 Å². The van der Waals surface area contributed by atoms with E-state index in [2.05, 4.69) is 0 Å². The van der Waals surface area contributed by atoms with E-state index < -0.39 is 5.97 Å². The van der Waals surface area contributed by atoms with Crippen molar-refractivity contribution in [3.05, 3.63) is 47.5 Å². The van der Waals surface area contributed by atoms with Gasteiger partial charge in [-0.25, -0.2) is 0 Å². The molecule has 2 aromatic rings. The normalized spacial score (nSPS) is 18.2. The summed E-state index contributed by atoms with van der Waals surface area (Å²) in [5.41, 5.74) is 2.08. The zero-order chi connectivity index (χ0) is 21.7. The SMILES string of the molecule is COc1ccc(C[C@H]2CSC(=O)[C@@H]2Cc2ccc(OC(C)=O)c(OC)c2)cc1OC. The van der Waals surface area contributed by atoms with E-state index in [4.69, 9.17) is 18.9 Å². The Kier molecular flexibility index (Phi) is 7.26. The van der Waals surface area contributed by atoms with Crippen LogP contribution in [0.2, 0.25) is 0 Å². The Hall–Kier alpha value is -2.67. The van der Waals surface area contributed by atoms with E-state index in [-0.39, 0.29) is 17.0 Å². The molecule has 0 spiro atoms. The summed E-state index contributed by atoms with van der Waals surface area (Å²) in [4.78, 5) is 23.8. The maximum absolute atomic E-state index is 12.6. The molecule has 0 unspecified atom stereocenters. The van der Waals surface area contributed by atoms with Gasteiger partial charge in [0, 0.05) is 18.6 Å². The average molecular weight is 431 g/mol. The van der Waals surface area contributed by atoms with Crippen molar-refractivity contribution in [1.29, 1.82) is 0 Å². The van der Waals surface area contributed by atoms with Crippen molar-refractivity contribution in [2.75, 3.05) is 27.1 Å². The van der Waals surface area contributed by atoms with Crippen molar-refractivity contribution in [2.24, 2.45) is 11.8 Å². The van der Waals surface area contributed by atoms with Gasteiger partial charge in [0.25, 0.3) is 0 Å². The predicted molar refractivity (Wildman–Crippen MR) is 116 cm³/mol. The van der Waals surface area contributed by atoms with E-state index in [9.17, 15) is 9.59 Å². The third-order valence-electron chi connectivity index (χ3n) is 5.19. The van der Waals surface area contributed by atoms with Crippen molar-refractivity contribution < 1.29 is 28.5 Å². The molecule has 0 aliphatic carbocycles. The van der Waals surface area contributed by atoms with Crippen molar-refractivity contribution >= 4 is 22.8 Å². The van der Waals surface area contributed by atoms with E-state index in [0.29, 0.717) is 29.4 Å². The molecule has 0 amide bonds. The van der Waals surface area contributed by atoms with Crippen LogP contribution in [0.15, 0.2) is 36.4 Å². The van der Waals surface area contributed by atoms with Gasteiger partial charge in [-0.05, 0) is 54.2 Å². The fraction of sp³-hybridized carbons (Fsp3) is 0.391. The minimum atomic E-state index is -0.404. The first kappa shape index (κ1) is 22.0. The summed E-state index contributed by atoms with van der Waals surface area (Å²) in [5.74, 6) is 2.76. The number of carbonyl (C=O) groups is 2. The van der Waals surface area contributed by atoms with Crippen LogP contribution >= 0.6 is 11.8 Å². The van der Waals surface area contributed by atoms with Gasteiger partial charge < -0.3 is 18.9 Å². The van der Waals surface area contributed by atoms with Gasteiger partial charge in [-0.15, -0.1) is 0 Å². The second-order valence-corrected chi connectivity index (χ2v) is 8.20. The fourth-order valence-corrected chi connectivity index (χ4v) is 4.92. The van der Waals surface area contributed by atoms with Gasteiger partial charge in [-0.1, -0.05) is 23.9 Å². The predicted octanol–water partition coefficient (Wildman–Crippen LogP) is 3.93. The lowest BCUT2D eigenvalue weighted by Crippen LogP contribution is -2.20. The second-order valence-electron chi connectivity index (χ2n) is 7.17. The van der Waals surface area contributed by atoms with Crippen molar-refractivity contribution in [1.82, 2.24) is 0 Å². The number of hydrogen-bond acceptors (Lipinski definition) is 7. The van der Waals surface area contributed by atoms with Crippen LogP contribution in [0.25, 0.3) is 0 Å². The highest BCUT2D eigenvalue weighted by molar-refractivity contribution is 8.14. The lowest BCUT2D eigenvalue weighted by molar-refractivity contribution is -0.132. The summed E-state index contributed by atoms with van der Waals surface area (Å²) < 4.78 is 21.2. The molecule has 3 rings (SSSR count). The van der Waals surface area contributed by atoms with E-state index in [1.807, 2.05) is 30.3 Å². The van der Waals surface area contributed by atoms with Crippen LogP contribution in [-0.2, 0) is 22.4 Å². The number of esters is 1. The summed E-state index contributed by atoms with van der Waals surface area (Å²) in [6, 6.07) is 11.3. The quantitative estimate of drug-likeness (QED) is 0.464. The molecule has 1 heterocycles. The first-order valence-corrected chi connectivity index (χ1v) is 10.7. The Morgan fingerprint density at radius 1 is 0.900 bits per heavy atom. The number of ether oxygens (including phenoxy) is 4. The van der Waals surface area contributed by atoms with Gasteiger partial charge in [0.2, 0.25) is 0 Å². The lowest BCUT2D eigenvalue weighted by Gasteiger charge is -2.19. The van der Waals surface area contributed by atoms with Gasteiger partial charge in [-0.3, -0.25) is 9.59 Å². The summed E-state index contributed by atoms with van der Waals surface area (Å²) >= 11 is 1.40. The van der Waals surface area contributed by atoms with Gasteiger partial charge in [-0.2, -0.15) is 0 Å². The van der Waals surface area contributed by atoms with Gasteiger partial charge >= 0.3 is 5.97 Å². The maximum Gasteiger partial charge on any atom is 0.308 e. The fourth-order valence-electron chi connectivity index (χ4n) is 3.70. The number of methoxy groups -OCH3 is 3. The molecule has 7 heteroatoms. The van der Waals surface area contributed by atoms with Crippen LogP contribution < -0.4 is 18.9 Å². The molecule has 1 aliphatic heterocycles. The largest absolute Gasteiger partial charge is 0.493 e. The first-order valence-electron chi connectivity index (χ1n) is 9.68. The number of benzene rings is 2. The molecule has 30 heavy (non-hydrogen) atoms. The third kappa shape index (κ3) is 5.08. The standard InChI is InChI=1S/C23H26O6S/c1-14(24)29-20-8-6-16(12-22(20)28-4)10-18-17(13-30-23(18)25)9-15-5-7-19(26-2)21(11-15)27-3/h5-8,11-12,17-18H,9-10,13H2,1-4H3/t17-,18+/m0/s1. The van der Waals surface area contributed by atoms with Gasteiger partial charge in [0.05, 0.1) is 21.3 Å². The highest BCUT2D eigenvalue weighted by Crippen LogP contribution is 2.38. The average Bonchev–Trinajstić information content (AvgIpc) is 3.07. The summed E-state index contributed by atoms with van der Waals surface area (Å²) in [6.45, 7) is 1.35. The Morgan fingerprint density at radius 2 is 1.47 bits per heavy atom. The van der Waals surface area contributed by atoms with Crippen LogP contribution in [0.5, 0.6) is 23.0 Å². The lowest BCUT2D eigenvalue weighted by atomic mass is 9.85. The summed E-state index contributed by atoms with van der Waals surface area (Å²) in [7, 11) is 4.76. The molecule has 1 aliphatic rings. The van der Waals surface area contributed by atoms with E-state index in [1.54, 1.807) is 20.3 Å². The van der Waals surface area contributed by atoms with Gasteiger partial charge in [0.15, 0.2) is 28.1 Å². The molecule has 0 N–H and O–H groups in total. The molecule has 0 bridgehead atoms. The Labute approximate surface area is 180 Å². The van der Waals surface area contributed by atoms with Crippen LogP contribution in [0.3, 0.4) is 0 Å². The molecule has 0 radical (unpaired) electrons. The molecule has 2 atom stereocenters. The molecule has 0 saturated carbocycles. The van der Waals surface area contributed by atoms with Crippen LogP contribution in [0, 0.1) is 11.8 Å². The molecular weight excluding hydrogens is 404 g/mol. The minimum Gasteiger partial charge on any atom is -0.493 e. The molecule has 0 aromatic heterocycles. The number of hydrogen-bond donors (Lipinski definition) is 0. The van der Waals surface area contributed by atoms with Crippen molar-refractivity contribution in [2.45, 2.75) is 19.8 Å². The molecule has 1 saturated heterocycles. The number of thioether (sulfide) groups is 1. The molecule has 2 aromatic carbocycles. The number of rotatable bonds is 8. The topological polar surface area (TPSA) is 71.1 Å². The molecule has 160 valence electrons. The van der Waals surface area contributed by atoms with Gasteiger partial charge in [0.1, 0.15) is 0 Å². The zero-order valence-corrected chi connectivity index (χ0v) is 18.4. The monoisotopic (exact) mass is 430 g/mol. The number of carbonyl (C=O) groups excluding carboxylic acids is 2. The molecular formula is C23H26O6S. The zero-order valence-electron chi connectivity index (χ0n) is 17.6. The van der Waals surface area contributed by atoms with Crippen LogP contribution in [0.4, 0.5) is 0 Å². The van der Waals surface area contributed by atoms with Crippen molar-refractivity contribution in [3.8, 4) is 23.0 Å². The third-order valence-corrected chi connectivity index (χ3v) is 6.38. The Balaban J connectivity index is 1.76. The molecule has 1 fully saturated rings. The Bertz CT molecular complexity index is 926. The van der Waals surface area contributed by atoms with E-state index in [1.165, 1.54) is 25.8 Å².